The van der Waals surface area contributed by atoms with Crippen molar-refractivity contribution >= 4 is 39.1 Å². The average molecular weight is 496 g/mol. The number of rotatable bonds is 9. The minimum atomic E-state index is 0.244. The molecule has 3 rings (SSSR count). The second kappa shape index (κ2) is 10.8. The summed E-state index contributed by atoms with van der Waals surface area (Å²) in [6.07, 6.45) is 1.79. The average Bonchev–Trinajstić information content (AvgIpc) is 2.70. The molecule has 1 aromatic heterocycles. The van der Waals surface area contributed by atoms with Crippen molar-refractivity contribution in [2.75, 3.05) is 6.61 Å². The van der Waals surface area contributed by atoms with Crippen LogP contribution in [0.4, 0.5) is 0 Å². The van der Waals surface area contributed by atoms with Gasteiger partial charge in [-0.2, -0.15) is 0 Å². The number of pyridine rings is 1. The number of hydrogen-bond donors (Lipinski definition) is 1. The molecule has 0 atom stereocenters. The Kier molecular flexibility index (Phi) is 8.19. The number of hydrogen-bond acceptors (Lipinski definition) is 4. The molecule has 1 N–H and O–H groups in total. The second-order valence-corrected chi connectivity index (χ2v) is 7.92. The molecule has 152 valence electrons. The Labute approximate surface area is 189 Å². The third-order valence-electron chi connectivity index (χ3n) is 4.15. The van der Waals surface area contributed by atoms with Crippen molar-refractivity contribution in [2.45, 2.75) is 26.6 Å². The molecule has 0 unspecified atom stereocenters. The Morgan fingerprint density at radius 1 is 1.00 bits per heavy atom. The first kappa shape index (κ1) is 21.9. The van der Waals surface area contributed by atoms with E-state index in [-0.39, 0.29) is 6.61 Å². The van der Waals surface area contributed by atoms with Crippen molar-refractivity contribution in [3.8, 4) is 11.5 Å². The van der Waals surface area contributed by atoms with E-state index in [0.29, 0.717) is 41.2 Å². The Balaban J connectivity index is 1.72. The molecular weight excluding hydrogens is 475 g/mol. The molecule has 0 saturated carbocycles. The van der Waals surface area contributed by atoms with E-state index in [1.807, 2.05) is 43.3 Å². The summed E-state index contributed by atoms with van der Waals surface area (Å²) in [6.45, 7) is 4.07. The molecule has 0 aliphatic carbocycles. The highest BCUT2D eigenvalue weighted by molar-refractivity contribution is 9.10. The van der Waals surface area contributed by atoms with E-state index >= 15 is 0 Å². The molecule has 0 aliphatic heterocycles. The van der Waals surface area contributed by atoms with Crippen LogP contribution in [0, 0.1) is 0 Å². The van der Waals surface area contributed by atoms with Crippen LogP contribution >= 0.6 is 39.1 Å². The van der Waals surface area contributed by atoms with Crippen LogP contribution in [-0.2, 0) is 19.7 Å². The van der Waals surface area contributed by atoms with E-state index in [1.54, 1.807) is 18.3 Å². The molecule has 0 bridgehead atoms. The van der Waals surface area contributed by atoms with Crippen molar-refractivity contribution in [2.24, 2.45) is 0 Å². The summed E-state index contributed by atoms with van der Waals surface area (Å²) in [5, 5.41) is 4.53. The lowest BCUT2D eigenvalue weighted by Gasteiger charge is -2.16. The molecule has 0 radical (unpaired) electrons. The molecule has 29 heavy (non-hydrogen) atoms. The molecule has 0 spiro atoms. The van der Waals surface area contributed by atoms with Gasteiger partial charge in [0.1, 0.15) is 6.61 Å². The molecule has 3 aromatic rings. The molecule has 0 amide bonds. The van der Waals surface area contributed by atoms with E-state index < -0.39 is 0 Å². The topological polar surface area (TPSA) is 43.4 Å². The lowest BCUT2D eigenvalue weighted by atomic mass is 10.2. The Bertz CT molecular complexity index is 935. The van der Waals surface area contributed by atoms with Crippen LogP contribution in [0.5, 0.6) is 11.5 Å². The SMILES string of the molecule is CCOc1cc(CNCc2ccccn2)cc(Br)c1OCc1c(Cl)cccc1Cl. The van der Waals surface area contributed by atoms with Crippen molar-refractivity contribution in [3.63, 3.8) is 0 Å². The maximum atomic E-state index is 6.25. The summed E-state index contributed by atoms with van der Waals surface area (Å²) in [7, 11) is 0. The van der Waals surface area contributed by atoms with E-state index in [2.05, 4.69) is 26.2 Å². The third-order valence-corrected chi connectivity index (χ3v) is 5.45. The molecule has 4 nitrogen and oxygen atoms in total. The Morgan fingerprint density at radius 2 is 1.79 bits per heavy atom. The maximum absolute atomic E-state index is 6.25. The largest absolute Gasteiger partial charge is 0.490 e. The van der Waals surface area contributed by atoms with Gasteiger partial charge in [0.2, 0.25) is 0 Å². The smallest absolute Gasteiger partial charge is 0.175 e. The molecule has 0 saturated heterocycles. The van der Waals surface area contributed by atoms with Gasteiger partial charge < -0.3 is 14.8 Å². The van der Waals surface area contributed by atoms with Crippen LogP contribution in [0.1, 0.15) is 23.7 Å². The quantitative estimate of drug-likeness (QED) is 0.372. The zero-order valence-corrected chi connectivity index (χ0v) is 19.0. The molecule has 0 aliphatic rings. The highest BCUT2D eigenvalue weighted by Gasteiger charge is 2.14. The summed E-state index contributed by atoms with van der Waals surface area (Å²) in [6, 6.07) is 15.3. The first-order valence-corrected chi connectivity index (χ1v) is 10.7. The number of ether oxygens (including phenoxy) is 2. The van der Waals surface area contributed by atoms with Gasteiger partial charge in [-0.25, -0.2) is 0 Å². The fourth-order valence-electron chi connectivity index (χ4n) is 2.78. The van der Waals surface area contributed by atoms with Gasteiger partial charge in [0.25, 0.3) is 0 Å². The highest BCUT2D eigenvalue weighted by atomic mass is 79.9. The van der Waals surface area contributed by atoms with Gasteiger partial charge in [0, 0.05) is 34.9 Å². The van der Waals surface area contributed by atoms with Crippen LogP contribution in [0.15, 0.2) is 59.2 Å². The fourth-order valence-corrected chi connectivity index (χ4v) is 3.89. The Morgan fingerprint density at radius 3 is 2.48 bits per heavy atom. The van der Waals surface area contributed by atoms with Crippen LogP contribution in [0.25, 0.3) is 0 Å². The zero-order valence-electron chi connectivity index (χ0n) is 15.9. The molecule has 1 heterocycles. The number of nitrogens with zero attached hydrogens (tertiary/aromatic N) is 1. The first-order chi connectivity index (χ1) is 14.1. The second-order valence-electron chi connectivity index (χ2n) is 6.25. The number of benzene rings is 2. The molecule has 7 heteroatoms. The van der Waals surface area contributed by atoms with Crippen molar-refractivity contribution < 1.29 is 9.47 Å². The predicted molar refractivity (Wildman–Crippen MR) is 121 cm³/mol. The zero-order chi connectivity index (χ0) is 20.6. The van der Waals surface area contributed by atoms with Gasteiger partial charge >= 0.3 is 0 Å². The molecule has 0 fully saturated rings. The van der Waals surface area contributed by atoms with Gasteiger partial charge in [-0.15, -0.1) is 0 Å². The van der Waals surface area contributed by atoms with Crippen molar-refractivity contribution in [1.82, 2.24) is 10.3 Å². The summed E-state index contributed by atoms with van der Waals surface area (Å²) < 4.78 is 12.6. The first-order valence-electron chi connectivity index (χ1n) is 9.20. The number of halogens is 3. The van der Waals surface area contributed by atoms with E-state index in [9.17, 15) is 0 Å². The lowest BCUT2D eigenvalue weighted by molar-refractivity contribution is 0.267. The Hall–Kier alpha value is -1.79. The summed E-state index contributed by atoms with van der Waals surface area (Å²) >= 11 is 16.1. The fraction of sp³-hybridized carbons (Fsp3) is 0.227. The van der Waals surface area contributed by atoms with Crippen molar-refractivity contribution in [1.29, 1.82) is 0 Å². The van der Waals surface area contributed by atoms with Gasteiger partial charge in [-0.3, -0.25) is 4.98 Å². The molecule has 2 aromatic carbocycles. The van der Waals surface area contributed by atoms with Gasteiger partial charge in [-0.1, -0.05) is 35.3 Å². The number of nitrogens with one attached hydrogen (secondary N) is 1. The standard InChI is InChI=1S/C22H21BrCl2N2O2/c1-2-28-21-11-15(12-26-13-16-6-3-4-9-27-16)10-18(23)22(21)29-14-17-19(24)7-5-8-20(17)25/h3-11,26H,2,12-14H2,1H3. The summed E-state index contributed by atoms with van der Waals surface area (Å²) in [5.74, 6) is 1.29. The third kappa shape index (κ3) is 6.09. The summed E-state index contributed by atoms with van der Waals surface area (Å²) in [4.78, 5) is 4.32. The van der Waals surface area contributed by atoms with Crippen LogP contribution in [0.3, 0.4) is 0 Å². The minimum Gasteiger partial charge on any atom is -0.490 e. The van der Waals surface area contributed by atoms with E-state index in [4.69, 9.17) is 32.7 Å². The van der Waals surface area contributed by atoms with Gasteiger partial charge in [0.15, 0.2) is 11.5 Å². The predicted octanol–water partition coefficient (Wildman–Crippen LogP) is 6.42. The molecular formula is C22H21BrCl2N2O2. The van der Waals surface area contributed by atoms with Crippen LogP contribution in [0.2, 0.25) is 10.0 Å². The van der Waals surface area contributed by atoms with E-state index in [0.717, 1.165) is 21.3 Å². The van der Waals surface area contributed by atoms with E-state index in [1.165, 1.54) is 0 Å². The monoisotopic (exact) mass is 494 g/mol. The van der Waals surface area contributed by atoms with Crippen LogP contribution in [-0.4, -0.2) is 11.6 Å². The van der Waals surface area contributed by atoms with Gasteiger partial charge in [-0.05, 0) is 64.8 Å². The number of aromatic nitrogens is 1. The normalized spacial score (nSPS) is 10.8. The minimum absolute atomic E-state index is 0.244. The lowest BCUT2D eigenvalue weighted by Crippen LogP contribution is -2.14. The van der Waals surface area contributed by atoms with Crippen LogP contribution < -0.4 is 14.8 Å². The van der Waals surface area contributed by atoms with Gasteiger partial charge in [0.05, 0.1) is 16.8 Å². The summed E-state index contributed by atoms with van der Waals surface area (Å²) in [5.41, 5.74) is 2.80. The van der Waals surface area contributed by atoms with Crippen molar-refractivity contribution in [3.05, 3.63) is 86.1 Å². The maximum Gasteiger partial charge on any atom is 0.175 e. The highest BCUT2D eigenvalue weighted by Crippen LogP contribution is 2.38.